The number of nitrogens with zero attached hydrogens (tertiary/aromatic N) is 1. The molecule has 2 rings (SSSR count). The quantitative estimate of drug-likeness (QED) is 0.631. The van der Waals surface area contributed by atoms with Gasteiger partial charge in [-0.05, 0) is 56.2 Å². The lowest BCUT2D eigenvalue weighted by Gasteiger charge is -2.28. The van der Waals surface area contributed by atoms with Crippen LogP contribution in [0.25, 0.3) is 0 Å². The van der Waals surface area contributed by atoms with Gasteiger partial charge in [0.1, 0.15) is 12.6 Å². The fourth-order valence-electron chi connectivity index (χ4n) is 2.89. The molecule has 0 aliphatic carbocycles. The van der Waals surface area contributed by atoms with Crippen LogP contribution in [0.2, 0.25) is 0 Å². The maximum atomic E-state index is 12.6. The topological polar surface area (TPSA) is 84.9 Å². The molecule has 1 atom stereocenters. The molecule has 0 heterocycles. The fourth-order valence-corrected chi connectivity index (χ4v) is 4.06. The van der Waals surface area contributed by atoms with Crippen molar-refractivity contribution in [2.24, 2.45) is 0 Å². The van der Waals surface area contributed by atoms with Gasteiger partial charge < -0.3 is 14.8 Å². The Labute approximate surface area is 172 Å². The van der Waals surface area contributed by atoms with Crippen molar-refractivity contribution in [3.63, 3.8) is 0 Å². The molecular formula is C21H28N2O5S. The van der Waals surface area contributed by atoms with Crippen molar-refractivity contribution in [1.82, 2.24) is 5.32 Å². The number of para-hydroxylation sites is 2. The van der Waals surface area contributed by atoms with Crippen LogP contribution in [-0.2, 0) is 14.8 Å². The normalized spacial score (nSPS) is 12.2. The van der Waals surface area contributed by atoms with Gasteiger partial charge in [-0.3, -0.25) is 9.10 Å². The van der Waals surface area contributed by atoms with Gasteiger partial charge in [0.2, 0.25) is 15.9 Å². The van der Waals surface area contributed by atoms with Gasteiger partial charge in [-0.2, -0.15) is 0 Å². The second-order valence-electron chi connectivity index (χ2n) is 6.79. The molecule has 0 saturated carbocycles. The van der Waals surface area contributed by atoms with E-state index in [1.807, 2.05) is 32.0 Å². The van der Waals surface area contributed by atoms with E-state index < -0.39 is 22.0 Å². The molecule has 29 heavy (non-hydrogen) atoms. The molecule has 0 saturated heterocycles. The predicted molar refractivity (Wildman–Crippen MR) is 114 cm³/mol. The standard InChI is InChI=1S/C21H28N2O5S/c1-15-10-11-18(14-16(15)2)23(29(5,25)26)17(3)21(24)22-12-13-28-20-9-7-6-8-19(20)27-4/h6-11,14,17H,12-13H2,1-5H3,(H,22,24). The van der Waals surface area contributed by atoms with E-state index in [1.54, 1.807) is 38.3 Å². The van der Waals surface area contributed by atoms with E-state index in [0.29, 0.717) is 17.2 Å². The highest BCUT2D eigenvalue weighted by Gasteiger charge is 2.29. The first-order chi connectivity index (χ1) is 13.6. The molecule has 0 bridgehead atoms. The molecule has 1 amide bonds. The van der Waals surface area contributed by atoms with Crippen molar-refractivity contribution in [3.8, 4) is 11.5 Å². The number of ether oxygens (including phenoxy) is 2. The molecule has 0 aliphatic rings. The van der Waals surface area contributed by atoms with E-state index >= 15 is 0 Å². The molecule has 2 aromatic rings. The van der Waals surface area contributed by atoms with Crippen molar-refractivity contribution < 1.29 is 22.7 Å². The van der Waals surface area contributed by atoms with Crippen molar-refractivity contribution >= 4 is 21.6 Å². The number of methoxy groups -OCH3 is 1. The number of sulfonamides is 1. The van der Waals surface area contributed by atoms with Crippen molar-refractivity contribution in [2.75, 3.05) is 30.8 Å². The van der Waals surface area contributed by atoms with Crippen molar-refractivity contribution in [2.45, 2.75) is 26.8 Å². The monoisotopic (exact) mass is 420 g/mol. The molecule has 0 spiro atoms. The molecule has 0 fully saturated rings. The minimum atomic E-state index is -3.65. The maximum Gasteiger partial charge on any atom is 0.243 e. The van der Waals surface area contributed by atoms with Crippen LogP contribution in [0, 0.1) is 13.8 Å². The summed E-state index contributed by atoms with van der Waals surface area (Å²) in [4.78, 5) is 12.6. The lowest BCUT2D eigenvalue weighted by Crippen LogP contribution is -2.48. The average Bonchev–Trinajstić information content (AvgIpc) is 2.67. The average molecular weight is 421 g/mol. The predicted octanol–water partition coefficient (Wildman–Crippen LogP) is 2.66. The van der Waals surface area contributed by atoms with E-state index in [1.165, 1.54) is 0 Å². The van der Waals surface area contributed by atoms with Crippen LogP contribution in [0.1, 0.15) is 18.1 Å². The Morgan fingerprint density at radius 2 is 1.76 bits per heavy atom. The number of nitrogens with one attached hydrogen (secondary N) is 1. The lowest BCUT2D eigenvalue weighted by atomic mass is 10.1. The third-order valence-corrected chi connectivity index (χ3v) is 5.80. The van der Waals surface area contributed by atoms with Crippen LogP contribution in [-0.4, -0.2) is 46.9 Å². The summed E-state index contributed by atoms with van der Waals surface area (Å²) in [6.07, 6.45) is 1.09. The first-order valence-electron chi connectivity index (χ1n) is 9.25. The van der Waals surface area contributed by atoms with Crippen LogP contribution in [0.4, 0.5) is 5.69 Å². The van der Waals surface area contributed by atoms with E-state index in [4.69, 9.17) is 9.47 Å². The Morgan fingerprint density at radius 3 is 2.34 bits per heavy atom. The van der Waals surface area contributed by atoms with Gasteiger partial charge in [0.25, 0.3) is 0 Å². The number of carbonyl (C=O) groups excluding carboxylic acids is 1. The Kier molecular flexibility index (Phi) is 7.50. The van der Waals surface area contributed by atoms with Crippen molar-refractivity contribution in [1.29, 1.82) is 0 Å². The third-order valence-electron chi connectivity index (χ3n) is 4.56. The zero-order valence-electron chi connectivity index (χ0n) is 17.4. The molecule has 0 aromatic heterocycles. The molecule has 0 aliphatic heterocycles. The zero-order chi connectivity index (χ0) is 21.6. The Hall–Kier alpha value is -2.74. The Bertz CT molecular complexity index is 959. The van der Waals surface area contributed by atoms with E-state index in [2.05, 4.69) is 5.32 Å². The van der Waals surface area contributed by atoms with E-state index in [9.17, 15) is 13.2 Å². The number of aryl methyl sites for hydroxylation is 2. The highest BCUT2D eigenvalue weighted by molar-refractivity contribution is 7.92. The van der Waals surface area contributed by atoms with Gasteiger partial charge in [-0.15, -0.1) is 0 Å². The Balaban J connectivity index is 2.03. The molecular weight excluding hydrogens is 392 g/mol. The number of amides is 1. The summed E-state index contributed by atoms with van der Waals surface area (Å²) in [5.41, 5.74) is 2.46. The number of hydrogen-bond donors (Lipinski definition) is 1. The van der Waals surface area contributed by atoms with Gasteiger partial charge in [-0.1, -0.05) is 18.2 Å². The highest BCUT2D eigenvalue weighted by Crippen LogP contribution is 2.26. The second kappa shape index (κ2) is 9.65. The summed E-state index contributed by atoms with van der Waals surface area (Å²) >= 11 is 0. The summed E-state index contributed by atoms with van der Waals surface area (Å²) in [6, 6.07) is 11.6. The van der Waals surface area contributed by atoms with Crippen LogP contribution in [0.3, 0.4) is 0 Å². The smallest absolute Gasteiger partial charge is 0.243 e. The molecule has 158 valence electrons. The molecule has 8 heteroatoms. The van der Waals surface area contributed by atoms with Gasteiger partial charge in [0.05, 0.1) is 25.6 Å². The second-order valence-corrected chi connectivity index (χ2v) is 8.65. The van der Waals surface area contributed by atoms with Gasteiger partial charge >= 0.3 is 0 Å². The summed E-state index contributed by atoms with van der Waals surface area (Å²) < 4.78 is 36.7. The molecule has 7 nitrogen and oxygen atoms in total. The highest BCUT2D eigenvalue weighted by atomic mass is 32.2. The van der Waals surface area contributed by atoms with Crippen LogP contribution in [0.15, 0.2) is 42.5 Å². The first kappa shape index (κ1) is 22.5. The van der Waals surface area contributed by atoms with Crippen LogP contribution < -0.4 is 19.1 Å². The van der Waals surface area contributed by atoms with Gasteiger partial charge in [0.15, 0.2) is 11.5 Å². The van der Waals surface area contributed by atoms with Crippen LogP contribution in [0.5, 0.6) is 11.5 Å². The Morgan fingerprint density at radius 1 is 1.10 bits per heavy atom. The first-order valence-corrected chi connectivity index (χ1v) is 11.1. The summed E-state index contributed by atoms with van der Waals surface area (Å²) in [5, 5.41) is 2.73. The fraction of sp³-hybridized carbons (Fsp3) is 0.381. The number of rotatable bonds is 9. The number of anilines is 1. The number of benzene rings is 2. The summed E-state index contributed by atoms with van der Waals surface area (Å²) in [6.45, 7) is 5.86. The number of hydrogen-bond acceptors (Lipinski definition) is 5. The van der Waals surface area contributed by atoms with E-state index in [-0.39, 0.29) is 13.2 Å². The van der Waals surface area contributed by atoms with Crippen molar-refractivity contribution in [3.05, 3.63) is 53.6 Å². The lowest BCUT2D eigenvalue weighted by molar-refractivity contribution is -0.121. The minimum absolute atomic E-state index is 0.224. The largest absolute Gasteiger partial charge is 0.493 e. The maximum absolute atomic E-state index is 12.6. The zero-order valence-corrected chi connectivity index (χ0v) is 18.2. The van der Waals surface area contributed by atoms with Crippen LogP contribution >= 0.6 is 0 Å². The minimum Gasteiger partial charge on any atom is -0.493 e. The number of carbonyl (C=O) groups is 1. The molecule has 1 unspecified atom stereocenters. The molecule has 0 radical (unpaired) electrons. The van der Waals surface area contributed by atoms with E-state index in [0.717, 1.165) is 21.7 Å². The SMILES string of the molecule is COc1ccccc1OCCNC(=O)C(C)N(c1ccc(C)c(C)c1)S(C)(=O)=O. The van der Waals surface area contributed by atoms with Gasteiger partial charge in [0, 0.05) is 0 Å². The summed E-state index contributed by atoms with van der Waals surface area (Å²) in [5.74, 6) is 0.771. The molecule has 1 N–H and O–H groups in total. The van der Waals surface area contributed by atoms with Gasteiger partial charge in [-0.25, -0.2) is 8.42 Å². The summed E-state index contributed by atoms with van der Waals surface area (Å²) in [7, 11) is -2.10. The third kappa shape index (κ3) is 5.87. The molecule has 2 aromatic carbocycles.